The molecule has 2 rings (SSSR count). The van der Waals surface area contributed by atoms with Gasteiger partial charge in [-0.25, -0.2) is 9.48 Å². The Morgan fingerprint density at radius 3 is 2.76 bits per heavy atom. The van der Waals surface area contributed by atoms with Gasteiger partial charge < -0.3 is 10.4 Å². The molecule has 2 heterocycles. The van der Waals surface area contributed by atoms with Crippen LogP contribution >= 0.6 is 11.3 Å². The van der Waals surface area contributed by atoms with E-state index >= 15 is 0 Å². The number of hydrogen-bond acceptors (Lipinski definition) is 5. The predicted molar refractivity (Wildman–Crippen MR) is 77.5 cm³/mol. The molecule has 2 aromatic heterocycles. The van der Waals surface area contributed by atoms with Crippen molar-refractivity contribution in [3.63, 3.8) is 0 Å². The number of rotatable bonds is 6. The molecule has 0 aliphatic rings. The number of carbonyl (C=O) groups excluding carboxylic acids is 1. The highest BCUT2D eigenvalue weighted by Gasteiger charge is 2.10. The average Bonchev–Trinajstić information content (AvgIpc) is 2.97. The van der Waals surface area contributed by atoms with Gasteiger partial charge in [-0.05, 0) is 25.5 Å². The van der Waals surface area contributed by atoms with Gasteiger partial charge in [-0.1, -0.05) is 5.21 Å². The summed E-state index contributed by atoms with van der Waals surface area (Å²) in [4.78, 5) is 24.7. The van der Waals surface area contributed by atoms with Gasteiger partial charge in [-0.2, -0.15) is 0 Å². The fourth-order valence-electron chi connectivity index (χ4n) is 1.89. The van der Waals surface area contributed by atoms with Crippen molar-refractivity contribution in [2.45, 2.75) is 26.8 Å². The second-order valence-corrected chi connectivity index (χ2v) is 6.00. The molecule has 0 aromatic carbocycles. The van der Waals surface area contributed by atoms with Gasteiger partial charge in [-0.3, -0.25) is 4.79 Å². The Labute approximate surface area is 125 Å². The molecule has 0 radical (unpaired) electrons. The molecule has 0 fully saturated rings. The van der Waals surface area contributed by atoms with Crippen molar-refractivity contribution in [2.75, 3.05) is 6.54 Å². The normalized spacial score (nSPS) is 10.6. The van der Waals surface area contributed by atoms with Gasteiger partial charge in [0, 0.05) is 16.3 Å². The van der Waals surface area contributed by atoms with E-state index in [9.17, 15) is 9.59 Å². The number of amides is 1. The number of hydrogen-bond donors (Lipinski definition) is 2. The maximum atomic E-state index is 11.8. The second-order valence-electron chi connectivity index (χ2n) is 4.66. The van der Waals surface area contributed by atoms with Crippen LogP contribution in [0.4, 0.5) is 0 Å². The van der Waals surface area contributed by atoms with Gasteiger partial charge in [0.1, 0.15) is 0 Å². The van der Waals surface area contributed by atoms with Crippen LogP contribution in [0.15, 0.2) is 12.3 Å². The van der Waals surface area contributed by atoms with E-state index in [2.05, 4.69) is 21.7 Å². The Balaban J connectivity index is 1.78. The lowest BCUT2D eigenvalue weighted by Gasteiger charge is -2.04. The molecule has 0 spiro atoms. The minimum Gasteiger partial charge on any atom is -0.476 e. The first kappa shape index (κ1) is 15.2. The van der Waals surface area contributed by atoms with Gasteiger partial charge in [0.05, 0.1) is 19.2 Å². The lowest BCUT2D eigenvalue weighted by Crippen LogP contribution is -2.28. The molecule has 112 valence electrons. The smallest absolute Gasteiger partial charge is 0.358 e. The van der Waals surface area contributed by atoms with Crippen molar-refractivity contribution in [3.8, 4) is 0 Å². The van der Waals surface area contributed by atoms with Gasteiger partial charge >= 0.3 is 5.97 Å². The van der Waals surface area contributed by atoms with Crippen LogP contribution in [0.3, 0.4) is 0 Å². The molecule has 0 aliphatic heterocycles. The first-order chi connectivity index (χ1) is 9.95. The number of aromatic nitrogens is 3. The molecule has 0 atom stereocenters. The van der Waals surface area contributed by atoms with Crippen molar-refractivity contribution < 1.29 is 14.7 Å². The van der Waals surface area contributed by atoms with Crippen molar-refractivity contribution >= 4 is 23.2 Å². The SMILES string of the molecule is Cc1cc(C)c(CC(=O)NCCn2cc(C(=O)O)nn2)s1. The van der Waals surface area contributed by atoms with Crippen molar-refractivity contribution in [3.05, 3.63) is 33.3 Å². The highest BCUT2D eigenvalue weighted by Crippen LogP contribution is 2.21. The van der Waals surface area contributed by atoms with Gasteiger partial charge in [0.2, 0.25) is 5.91 Å². The molecular formula is C13H16N4O3S. The zero-order valence-electron chi connectivity index (χ0n) is 11.8. The summed E-state index contributed by atoms with van der Waals surface area (Å²) in [6.07, 6.45) is 1.70. The Morgan fingerprint density at radius 1 is 1.43 bits per heavy atom. The lowest BCUT2D eigenvalue weighted by atomic mass is 10.2. The molecule has 1 amide bonds. The average molecular weight is 308 g/mol. The summed E-state index contributed by atoms with van der Waals surface area (Å²) in [6.45, 7) is 4.78. The van der Waals surface area contributed by atoms with Crippen LogP contribution < -0.4 is 5.32 Å². The number of nitrogens with one attached hydrogen (secondary N) is 1. The molecule has 0 unspecified atom stereocenters. The summed E-state index contributed by atoms with van der Waals surface area (Å²) >= 11 is 1.63. The minimum absolute atomic E-state index is 0.0569. The maximum absolute atomic E-state index is 11.8. The Hall–Kier alpha value is -2.22. The quantitative estimate of drug-likeness (QED) is 0.830. The maximum Gasteiger partial charge on any atom is 0.358 e. The Morgan fingerprint density at radius 2 is 2.19 bits per heavy atom. The van der Waals surface area contributed by atoms with E-state index in [1.165, 1.54) is 15.8 Å². The molecule has 21 heavy (non-hydrogen) atoms. The first-order valence-electron chi connectivity index (χ1n) is 6.41. The van der Waals surface area contributed by atoms with Crippen molar-refractivity contribution in [2.24, 2.45) is 0 Å². The third-order valence-corrected chi connectivity index (χ3v) is 4.04. The van der Waals surface area contributed by atoms with E-state index in [0.717, 1.165) is 10.4 Å². The zero-order chi connectivity index (χ0) is 15.4. The molecule has 2 N–H and O–H groups in total. The highest BCUT2D eigenvalue weighted by atomic mass is 32.1. The molecule has 2 aromatic rings. The summed E-state index contributed by atoms with van der Waals surface area (Å²) in [5.74, 6) is -1.17. The number of aryl methyl sites for hydroxylation is 2. The van der Waals surface area contributed by atoms with Crippen LogP contribution in [-0.4, -0.2) is 38.5 Å². The van der Waals surface area contributed by atoms with Crippen LogP contribution in [0.1, 0.15) is 25.8 Å². The highest BCUT2D eigenvalue weighted by molar-refractivity contribution is 7.12. The monoisotopic (exact) mass is 308 g/mol. The topological polar surface area (TPSA) is 97.1 Å². The molecule has 8 heteroatoms. The lowest BCUT2D eigenvalue weighted by molar-refractivity contribution is -0.120. The summed E-state index contributed by atoms with van der Waals surface area (Å²) in [7, 11) is 0. The van der Waals surface area contributed by atoms with Crippen LogP contribution in [0.2, 0.25) is 0 Å². The summed E-state index contributed by atoms with van der Waals surface area (Å²) < 4.78 is 1.39. The number of nitrogens with zero attached hydrogens (tertiary/aromatic N) is 3. The Bertz CT molecular complexity index is 662. The third-order valence-electron chi connectivity index (χ3n) is 2.89. The molecule has 0 aliphatic carbocycles. The number of carbonyl (C=O) groups is 2. The second kappa shape index (κ2) is 6.49. The van der Waals surface area contributed by atoms with Gasteiger partial charge in [-0.15, -0.1) is 16.4 Å². The summed E-state index contributed by atoms with van der Waals surface area (Å²) in [5.41, 5.74) is 1.03. The summed E-state index contributed by atoms with van der Waals surface area (Å²) in [6, 6.07) is 2.07. The van der Waals surface area contributed by atoms with E-state index in [-0.39, 0.29) is 11.6 Å². The first-order valence-corrected chi connectivity index (χ1v) is 7.23. The Kier molecular flexibility index (Phi) is 4.69. The fourth-order valence-corrected chi connectivity index (χ4v) is 2.94. The van der Waals surface area contributed by atoms with Crippen LogP contribution in [0.5, 0.6) is 0 Å². The zero-order valence-corrected chi connectivity index (χ0v) is 12.6. The third kappa shape index (κ3) is 4.12. The van der Waals surface area contributed by atoms with Gasteiger partial charge in [0.15, 0.2) is 5.69 Å². The van der Waals surface area contributed by atoms with Crippen molar-refractivity contribution in [1.82, 2.24) is 20.3 Å². The number of carboxylic acid groups (broad SMARTS) is 1. The molecule has 0 saturated heterocycles. The predicted octanol–water partition coefficient (Wildman–Crippen LogP) is 1.01. The summed E-state index contributed by atoms with van der Waals surface area (Å²) in [5, 5.41) is 18.7. The molecule has 0 saturated carbocycles. The minimum atomic E-state index is -1.12. The molecule has 0 bridgehead atoms. The largest absolute Gasteiger partial charge is 0.476 e. The number of carboxylic acids is 1. The fraction of sp³-hybridized carbons (Fsp3) is 0.385. The van der Waals surface area contributed by atoms with Crippen LogP contribution in [-0.2, 0) is 17.8 Å². The van der Waals surface area contributed by atoms with E-state index in [4.69, 9.17) is 5.11 Å². The van der Waals surface area contributed by atoms with Crippen molar-refractivity contribution in [1.29, 1.82) is 0 Å². The van der Waals surface area contributed by atoms with E-state index < -0.39 is 5.97 Å². The standard InChI is InChI=1S/C13H16N4O3S/c1-8-5-9(2)21-11(8)6-12(18)14-3-4-17-7-10(13(19)20)15-16-17/h5,7H,3-4,6H2,1-2H3,(H,14,18)(H,19,20). The molecule has 7 nitrogen and oxygen atoms in total. The van der Waals surface area contributed by atoms with Gasteiger partial charge in [0.25, 0.3) is 0 Å². The van der Waals surface area contributed by atoms with E-state index in [1.807, 2.05) is 13.8 Å². The molecular weight excluding hydrogens is 292 g/mol. The number of aromatic carboxylic acids is 1. The van der Waals surface area contributed by atoms with Crippen LogP contribution in [0.25, 0.3) is 0 Å². The number of thiophene rings is 1. The van der Waals surface area contributed by atoms with E-state index in [0.29, 0.717) is 19.5 Å². The van der Waals surface area contributed by atoms with E-state index in [1.54, 1.807) is 11.3 Å². The van der Waals surface area contributed by atoms with Crippen LogP contribution in [0, 0.1) is 13.8 Å².